The van der Waals surface area contributed by atoms with E-state index < -0.39 is 0 Å². The SMILES string of the molecule is O=C(CNC(=O)c1ccccc1Cl)Nc1cccc(OC2CCCC2)c1. The van der Waals surface area contributed by atoms with Crippen LogP contribution >= 0.6 is 11.6 Å². The number of halogens is 1. The number of anilines is 1. The second-order valence-electron chi connectivity index (χ2n) is 6.26. The van der Waals surface area contributed by atoms with Crippen LogP contribution in [0.1, 0.15) is 36.0 Å². The van der Waals surface area contributed by atoms with Gasteiger partial charge in [0.05, 0.1) is 23.2 Å². The van der Waals surface area contributed by atoms with Crippen molar-refractivity contribution in [1.82, 2.24) is 5.32 Å². The minimum Gasteiger partial charge on any atom is -0.490 e. The molecule has 0 radical (unpaired) electrons. The van der Waals surface area contributed by atoms with Gasteiger partial charge in [-0.3, -0.25) is 9.59 Å². The van der Waals surface area contributed by atoms with Gasteiger partial charge in [0, 0.05) is 11.8 Å². The van der Waals surface area contributed by atoms with Crippen LogP contribution in [-0.2, 0) is 4.79 Å². The summed E-state index contributed by atoms with van der Waals surface area (Å²) in [6, 6.07) is 14.0. The molecule has 3 rings (SSSR count). The Morgan fingerprint density at radius 2 is 1.85 bits per heavy atom. The van der Waals surface area contributed by atoms with Gasteiger partial charge >= 0.3 is 0 Å². The summed E-state index contributed by atoms with van der Waals surface area (Å²) in [4.78, 5) is 24.2. The first-order valence-corrected chi connectivity index (χ1v) is 9.09. The van der Waals surface area contributed by atoms with Crippen LogP contribution in [0.4, 0.5) is 5.69 Å². The van der Waals surface area contributed by atoms with Crippen LogP contribution < -0.4 is 15.4 Å². The van der Waals surface area contributed by atoms with Gasteiger partial charge in [-0.05, 0) is 49.9 Å². The molecule has 0 spiro atoms. The lowest BCUT2D eigenvalue weighted by Gasteiger charge is -2.14. The lowest BCUT2D eigenvalue weighted by Crippen LogP contribution is -2.33. The molecule has 0 aliphatic heterocycles. The van der Waals surface area contributed by atoms with Gasteiger partial charge in [0.2, 0.25) is 5.91 Å². The number of nitrogens with one attached hydrogen (secondary N) is 2. The molecule has 2 aromatic rings. The Morgan fingerprint density at radius 1 is 1.08 bits per heavy atom. The van der Waals surface area contributed by atoms with Gasteiger partial charge in [-0.15, -0.1) is 0 Å². The zero-order valence-electron chi connectivity index (χ0n) is 14.3. The summed E-state index contributed by atoms with van der Waals surface area (Å²) in [6.45, 7) is -0.141. The van der Waals surface area contributed by atoms with Gasteiger partial charge in [0.1, 0.15) is 5.75 Å². The Hall–Kier alpha value is -2.53. The highest BCUT2D eigenvalue weighted by Crippen LogP contribution is 2.25. The van der Waals surface area contributed by atoms with Crippen molar-refractivity contribution in [3.8, 4) is 5.75 Å². The monoisotopic (exact) mass is 372 g/mol. The van der Waals surface area contributed by atoms with E-state index >= 15 is 0 Å². The highest BCUT2D eigenvalue weighted by Gasteiger charge is 2.16. The number of carbonyl (C=O) groups excluding carboxylic acids is 2. The van der Waals surface area contributed by atoms with Gasteiger partial charge in [-0.25, -0.2) is 0 Å². The minimum absolute atomic E-state index is 0.141. The fourth-order valence-corrected chi connectivity index (χ4v) is 3.17. The maximum atomic E-state index is 12.1. The third kappa shape index (κ3) is 4.99. The molecule has 0 heterocycles. The molecule has 1 saturated carbocycles. The molecular weight excluding hydrogens is 352 g/mol. The minimum atomic E-state index is -0.385. The van der Waals surface area contributed by atoms with E-state index in [1.54, 1.807) is 36.4 Å². The molecule has 1 aliphatic carbocycles. The normalized spacial score (nSPS) is 14.0. The second-order valence-corrected chi connectivity index (χ2v) is 6.67. The first-order valence-electron chi connectivity index (χ1n) is 8.71. The van der Waals surface area contributed by atoms with E-state index in [1.807, 2.05) is 12.1 Å². The third-order valence-corrected chi connectivity index (χ3v) is 4.58. The van der Waals surface area contributed by atoms with E-state index in [2.05, 4.69) is 10.6 Å². The van der Waals surface area contributed by atoms with Crippen LogP contribution in [0.15, 0.2) is 48.5 Å². The van der Waals surface area contributed by atoms with Crippen molar-refractivity contribution >= 4 is 29.1 Å². The van der Waals surface area contributed by atoms with Crippen LogP contribution in [0.25, 0.3) is 0 Å². The van der Waals surface area contributed by atoms with E-state index in [0.29, 0.717) is 16.3 Å². The molecule has 0 aromatic heterocycles. The number of carbonyl (C=O) groups is 2. The Bertz CT molecular complexity index is 788. The van der Waals surface area contributed by atoms with Crippen molar-refractivity contribution in [2.24, 2.45) is 0 Å². The maximum absolute atomic E-state index is 12.1. The summed E-state index contributed by atoms with van der Waals surface area (Å²) < 4.78 is 5.93. The third-order valence-electron chi connectivity index (χ3n) is 4.25. The molecule has 2 aromatic carbocycles. The lowest BCUT2D eigenvalue weighted by atomic mass is 10.2. The van der Waals surface area contributed by atoms with Gasteiger partial charge in [-0.2, -0.15) is 0 Å². The molecule has 0 unspecified atom stereocenters. The first-order chi connectivity index (χ1) is 12.6. The fourth-order valence-electron chi connectivity index (χ4n) is 2.95. The van der Waals surface area contributed by atoms with Crippen LogP contribution in [0.2, 0.25) is 5.02 Å². The Balaban J connectivity index is 1.51. The molecule has 0 bridgehead atoms. The van der Waals surface area contributed by atoms with Crippen molar-refractivity contribution < 1.29 is 14.3 Å². The molecule has 1 aliphatic rings. The van der Waals surface area contributed by atoms with Crippen molar-refractivity contribution in [3.63, 3.8) is 0 Å². The number of hydrogen-bond donors (Lipinski definition) is 2. The maximum Gasteiger partial charge on any atom is 0.253 e. The number of hydrogen-bond acceptors (Lipinski definition) is 3. The summed E-state index contributed by atoms with van der Waals surface area (Å²) in [5.74, 6) is 0.0438. The van der Waals surface area contributed by atoms with Crippen molar-refractivity contribution in [2.45, 2.75) is 31.8 Å². The van der Waals surface area contributed by atoms with E-state index in [0.717, 1.165) is 18.6 Å². The summed E-state index contributed by atoms with van der Waals surface area (Å²) in [7, 11) is 0. The van der Waals surface area contributed by atoms with E-state index in [-0.39, 0.29) is 24.5 Å². The number of rotatable bonds is 6. The van der Waals surface area contributed by atoms with Gasteiger partial charge in [-0.1, -0.05) is 29.8 Å². The van der Waals surface area contributed by atoms with Crippen LogP contribution in [0.5, 0.6) is 5.75 Å². The number of benzene rings is 2. The molecule has 26 heavy (non-hydrogen) atoms. The largest absolute Gasteiger partial charge is 0.490 e. The molecule has 2 N–H and O–H groups in total. The summed E-state index contributed by atoms with van der Waals surface area (Å²) in [6.07, 6.45) is 4.81. The molecule has 5 nitrogen and oxygen atoms in total. The highest BCUT2D eigenvalue weighted by molar-refractivity contribution is 6.33. The fraction of sp³-hybridized carbons (Fsp3) is 0.300. The topological polar surface area (TPSA) is 67.4 Å². The van der Waals surface area contributed by atoms with Crippen molar-refractivity contribution in [1.29, 1.82) is 0 Å². The Kier molecular flexibility index (Phi) is 6.12. The summed E-state index contributed by atoms with van der Waals surface area (Å²) in [5.41, 5.74) is 0.978. The summed E-state index contributed by atoms with van der Waals surface area (Å²) in [5, 5.41) is 5.68. The Morgan fingerprint density at radius 3 is 2.62 bits per heavy atom. The average molecular weight is 373 g/mol. The quantitative estimate of drug-likeness (QED) is 0.804. The van der Waals surface area contributed by atoms with Crippen molar-refractivity contribution in [2.75, 3.05) is 11.9 Å². The van der Waals surface area contributed by atoms with Crippen LogP contribution in [0, 0.1) is 0 Å². The van der Waals surface area contributed by atoms with Crippen LogP contribution in [0.3, 0.4) is 0 Å². The molecule has 2 amide bonds. The smallest absolute Gasteiger partial charge is 0.253 e. The molecule has 0 saturated heterocycles. The highest BCUT2D eigenvalue weighted by atomic mass is 35.5. The predicted molar refractivity (Wildman–Crippen MR) is 102 cm³/mol. The Labute approximate surface area is 157 Å². The average Bonchev–Trinajstić information content (AvgIpc) is 3.13. The standard InChI is InChI=1S/C20H21ClN2O3/c21-18-11-4-3-10-17(18)20(25)22-13-19(24)23-14-6-5-9-16(12-14)26-15-7-1-2-8-15/h3-6,9-12,15H,1-2,7-8,13H2,(H,22,25)(H,23,24). The van der Waals surface area contributed by atoms with E-state index in [1.165, 1.54) is 12.8 Å². The van der Waals surface area contributed by atoms with E-state index in [9.17, 15) is 9.59 Å². The van der Waals surface area contributed by atoms with Gasteiger partial charge < -0.3 is 15.4 Å². The van der Waals surface area contributed by atoms with Crippen molar-refractivity contribution in [3.05, 3.63) is 59.1 Å². The predicted octanol–water partition coefficient (Wildman–Crippen LogP) is 4.03. The first kappa shape index (κ1) is 18.3. The molecular formula is C20H21ClN2O3. The number of amides is 2. The zero-order chi connectivity index (χ0) is 18.4. The molecule has 0 atom stereocenters. The lowest BCUT2D eigenvalue weighted by molar-refractivity contribution is -0.115. The molecule has 136 valence electrons. The molecule has 1 fully saturated rings. The van der Waals surface area contributed by atoms with Gasteiger partial charge in [0.25, 0.3) is 5.91 Å². The number of ether oxygens (including phenoxy) is 1. The van der Waals surface area contributed by atoms with E-state index in [4.69, 9.17) is 16.3 Å². The van der Waals surface area contributed by atoms with Crippen LogP contribution in [-0.4, -0.2) is 24.5 Å². The second kappa shape index (κ2) is 8.72. The van der Waals surface area contributed by atoms with Gasteiger partial charge in [0.15, 0.2) is 0 Å². The zero-order valence-corrected chi connectivity index (χ0v) is 15.1. The summed E-state index contributed by atoms with van der Waals surface area (Å²) >= 11 is 5.98. The molecule has 6 heteroatoms.